The third-order valence-corrected chi connectivity index (χ3v) is 27.2. The number of ether oxygens (including phenoxy) is 3. The van der Waals surface area contributed by atoms with Crippen molar-refractivity contribution in [2.75, 3.05) is 52.6 Å². The van der Waals surface area contributed by atoms with Gasteiger partial charge in [-0.2, -0.15) is 21.0 Å². The fourth-order valence-corrected chi connectivity index (χ4v) is 18.4. The summed E-state index contributed by atoms with van der Waals surface area (Å²) in [4.78, 5) is 77.0. The zero-order valence-corrected chi connectivity index (χ0v) is 81.2. The number of hydrogen-bond acceptors (Lipinski definition) is 22. The number of nitriles is 4. The van der Waals surface area contributed by atoms with Crippen molar-refractivity contribution in [1.29, 1.82) is 21.0 Å². The summed E-state index contributed by atoms with van der Waals surface area (Å²) in [6.45, 7) is -14.3. The Hall–Kier alpha value is -12.6. The van der Waals surface area contributed by atoms with Crippen LogP contribution in [0.5, 0.6) is 0 Å². The molecular formula is C107H88Br2Cl4F4N12O14. The average Bonchev–Trinajstić information content (AvgIpc) is 1.53. The molecule has 26 nitrogen and oxygen atoms in total. The zero-order valence-electron chi connectivity index (χ0n) is 87.0. The second-order valence-corrected chi connectivity index (χ2v) is 38.3. The van der Waals surface area contributed by atoms with Gasteiger partial charge in [-0.3, -0.25) is 58.7 Å². The van der Waals surface area contributed by atoms with Crippen LogP contribution in [-0.2, 0) is 68.9 Å². The quantitative estimate of drug-likeness (QED) is 0.0206. The van der Waals surface area contributed by atoms with Crippen LogP contribution in [0.3, 0.4) is 0 Å². The fraction of sp³-hybridized carbons (Fsp3) is 0.271. The number of halogens is 10. The summed E-state index contributed by atoms with van der Waals surface area (Å²) in [6.07, 6.45) is 4.79. The summed E-state index contributed by atoms with van der Waals surface area (Å²) in [5.41, 5.74) is -14.7. The lowest BCUT2D eigenvalue weighted by Crippen LogP contribution is -2.48. The van der Waals surface area contributed by atoms with E-state index in [9.17, 15) is 69.8 Å². The van der Waals surface area contributed by atoms with Crippen molar-refractivity contribution >= 4 is 107 Å². The molecule has 4 aromatic heterocycles. The molecule has 8 heterocycles. The van der Waals surface area contributed by atoms with E-state index >= 15 is 13.2 Å². The highest BCUT2D eigenvalue weighted by Gasteiger charge is 2.61. The maximum Gasteiger partial charge on any atom is 0.257 e. The molecular weight excluding hydrogens is 2050 g/mol. The van der Waals surface area contributed by atoms with Gasteiger partial charge >= 0.3 is 0 Å². The molecule has 0 spiro atoms. The van der Waals surface area contributed by atoms with Crippen molar-refractivity contribution in [3.8, 4) is 24.3 Å². The molecule has 4 amide bonds. The van der Waals surface area contributed by atoms with Crippen molar-refractivity contribution in [2.45, 2.75) is 113 Å². The highest BCUT2D eigenvalue weighted by Crippen LogP contribution is 2.58. The molecule has 5 atom stereocenters. The summed E-state index contributed by atoms with van der Waals surface area (Å²) in [6, 6.07) is 53.5. The van der Waals surface area contributed by atoms with Crippen LogP contribution < -0.4 is 0 Å². The number of aromatic nitrogens is 4. The fourth-order valence-electron chi connectivity index (χ4n) is 17.0. The molecule has 0 bridgehead atoms. The van der Waals surface area contributed by atoms with Gasteiger partial charge in [0.2, 0.25) is 0 Å². The lowest BCUT2D eigenvalue weighted by molar-refractivity contribution is -0.131. The van der Waals surface area contributed by atoms with Crippen LogP contribution in [-0.4, -0.2) is 151 Å². The normalized spacial score (nSPS) is 21.3. The number of carbonyl (C=O) groups excluding carboxylic acids is 4. The van der Waals surface area contributed by atoms with E-state index < -0.39 is 143 Å². The Kier molecular flexibility index (Phi) is 25.9. The van der Waals surface area contributed by atoms with E-state index in [4.69, 9.17) is 87.6 Å². The minimum atomic E-state index is -3.03. The summed E-state index contributed by atoms with van der Waals surface area (Å²) in [7, 11) is 0. The first-order valence-electron chi connectivity index (χ1n) is 49.9. The molecule has 3 saturated carbocycles. The second kappa shape index (κ2) is 42.0. The van der Waals surface area contributed by atoms with Crippen LogP contribution >= 0.6 is 78.3 Å². The standard InChI is InChI=1S/C30H29ClFN3O5.C30H27ClFN3O4.C26H20BrClFN3O3.C21H12BrClFN3O2/c1-28(39,10-11-36)21-12-24-26(25(32)13-21)30(20-3-5-22(31)6-4-20,40-18-29(17-37)8-9-29)35(27(24)38)16-23-7-2-19(14-33)15-34-23;1-19(8-11-36)21-12-25-27(26(32)13-21)30(22-3-5-23(31)6-4-22,39-18-29(17-37)9-10-29)35(28(25)38)16-24-7-2-20(14-33)15-34-24;27-18-9-21-23(22(29)10-18)26(17-2-4-19(28)5-3-17,35-15-25(14-33)7-8-25)32(24(21)34)13-20-6-1-16(11-30)12-31-20;22-14-7-17-19(18(24)8-14)21(29,13-2-4-15(23)5-3-13)27(20(17)28)11-16-6-1-12(9-25)10-26-16/h2-7,12-13,15,36-37,39H,8-11,16-18H2,1H3;2-7,12-13,15,36-37H,1,8-11,16-18H2;1-6,9-10,12,33H,7-8,13-15H2;1-8,10,29H,11H2/t28?,30-;30-;26-;/m111./s1/i2*17D2,18D2;14D2,15D2;. The highest BCUT2D eigenvalue weighted by atomic mass is 79.9. The molecule has 4 aliphatic heterocycles. The minimum Gasteiger partial charge on any atom is -0.396 e. The molecule has 7 N–H and O–H groups in total. The van der Waals surface area contributed by atoms with Crippen molar-refractivity contribution < 1.29 is 103 Å². The van der Waals surface area contributed by atoms with Gasteiger partial charge in [-0.15, -0.1) is 0 Å². The zero-order chi connectivity index (χ0) is 113. The first-order valence-corrected chi connectivity index (χ1v) is 47.0. The monoisotopic (exact) mass is 2150 g/mol. The molecule has 0 saturated heterocycles. The summed E-state index contributed by atoms with van der Waals surface area (Å²) in [5.74, 6) is -6.36. The molecule has 19 rings (SSSR count). The van der Waals surface area contributed by atoms with Crippen LogP contribution in [0.1, 0.15) is 217 Å². The number of fused-ring (bicyclic) bond motifs is 4. The lowest BCUT2D eigenvalue weighted by atomic mass is 9.87. The molecule has 3 fully saturated rings. The number of pyridine rings is 4. The van der Waals surface area contributed by atoms with Gasteiger partial charge in [0.15, 0.2) is 22.9 Å². The van der Waals surface area contributed by atoms with E-state index in [1.54, 1.807) is 36.4 Å². The lowest BCUT2D eigenvalue weighted by Gasteiger charge is -2.40. The van der Waals surface area contributed by atoms with E-state index in [0.717, 1.165) is 37.8 Å². The first kappa shape index (κ1) is 88.1. The van der Waals surface area contributed by atoms with E-state index in [-0.39, 0.29) is 188 Å². The Morgan fingerprint density at radius 2 is 0.720 bits per heavy atom. The van der Waals surface area contributed by atoms with Crippen LogP contribution in [0.4, 0.5) is 17.6 Å². The molecule has 36 heteroatoms. The number of benzene rings is 8. The maximum absolute atomic E-state index is 16.5. The smallest absolute Gasteiger partial charge is 0.257 e. The Bertz CT molecular complexity index is 7760. The Balaban J connectivity index is 0.000000148. The summed E-state index contributed by atoms with van der Waals surface area (Å²) >= 11 is 30.8. The summed E-state index contributed by atoms with van der Waals surface area (Å²) in [5, 5.41) is 110. The van der Waals surface area contributed by atoms with E-state index in [1.807, 2.05) is 24.3 Å². The number of aliphatic hydroxyl groups excluding tert-OH is 2. The number of nitrogens with zero attached hydrogens (tertiary/aromatic N) is 12. The van der Waals surface area contributed by atoms with Gasteiger partial charge in [-0.25, -0.2) is 17.6 Å². The average molecular weight is 2160 g/mol. The topological polar surface area (TPSA) is 397 Å². The molecule has 2 unspecified atom stereocenters. The Labute approximate surface area is 872 Å². The highest BCUT2D eigenvalue weighted by molar-refractivity contribution is 9.10. The third kappa shape index (κ3) is 20.3. The van der Waals surface area contributed by atoms with Crippen LogP contribution in [0.15, 0.2) is 234 Å². The van der Waals surface area contributed by atoms with Crippen LogP contribution in [0.2, 0.25) is 20.1 Å². The van der Waals surface area contributed by atoms with Crippen molar-refractivity contribution in [1.82, 2.24) is 39.5 Å². The molecule has 8 aromatic carbocycles. The van der Waals surface area contributed by atoms with Gasteiger partial charge in [0, 0.05) is 112 Å². The minimum absolute atomic E-state index is 0.0205. The van der Waals surface area contributed by atoms with Crippen molar-refractivity contribution in [3.05, 3.63) is 401 Å². The summed E-state index contributed by atoms with van der Waals surface area (Å²) < 4.78 is 185. The predicted molar refractivity (Wildman–Crippen MR) is 524 cm³/mol. The van der Waals surface area contributed by atoms with E-state index in [2.05, 4.69) is 58.4 Å². The SMILES string of the molecule is N#Cc1ccc(CN2C(=O)c3cc(Br)cc(F)c3C2(O)c2ccc(Cl)cc2)nc1.[2H]C([2H])(O)C1(C([2H])([2H])O[C@]2(c3ccc(Cl)cc3)c3c(F)cc(Br)cc3C(=O)N2Cc2ccc(C#N)cn2)CC1.[2H]C([2H])(O)C1(C([2H])([2H])O[C@]2(c3ccc(Cl)cc3)c3c(F)cc(C(=C)CCO)cc3C(=O)N2Cc2ccc(C#N)cn2)CC1.[2H]C([2H])(O)C1(C([2H])([2H])O[C@]2(c3ccc(Cl)cc3)c3c(F)cc(C(C)(O)CCO)cc3C(=O)N2Cc2ccc(C#N)cn2)CC1. The Morgan fingerprint density at radius 3 is 1.03 bits per heavy atom. The number of aliphatic hydroxyl groups is 7. The van der Waals surface area contributed by atoms with Gasteiger partial charge in [-0.05, 0) is 214 Å². The maximum atomic E-state index is 16.5. The largest absolute Gasteiger partial charge is 0.396 e. The van der Waals surface area contributed by atoms with Crippen LogP contribution in [0, 0.1) is 84.8 Å². The molecule has 7 aliphatic rings. The van der Waals surface area contributed by atoms with E-state index in [1.165, 1.54) is 171 Å². The number of amides is 4. The van der Waals surface area contributed by atoms with E-state index in [0.29, 0.717) is 47.6 Å². The molecule has 143 heavy (non-hydrogen) atoms. The first-order chi connectivity index (χ1) is 72.8. The Morgan fingerprint density at radius 1 is 0.427 bits per heavy atom. The van der Waals surface area contributed by atoms with Gasteiger partial charge in [0.05, 0.1) is 177 Å². The number of rotatable bonds is 30. The second-order valence-electron chi connectivity index (χ2n) is 34.7. The molecule has 0 radical (unpaired) electrons. The molecule has 3 aliphatic carbocycles. The number of carbonyl (C=O) groups is 4. The molecule has 12 aromatic rings. The third-order valence-electron chi connectivity index (χ3n) is 25.3. The number of hydrogen-bond donors (Lipinski definition) is 7. The van der Waals surface area contributed by atoms with Crippen molar-refractivity contribution in [2.24, 2.45) is 16.2 Å². The van der Waals surface area contributed by atoms with Gasteiger partial charge in [-0.1, -0.05) is 133 Å². The van der Waals surface area contributed by atoms with Crippen LogP contribution in [0.25, 0.3) is 5.57 Å². The molecule has 730 valence electrons. The van der Waals surface area contributed by atoms with Gasteiger partial charge in [0.1, 0.15) is 47.5 Å². The van der Waals surface area contributed by atoms with Gasteiger partial charge < -0.3 is 50.0 Å². The van der Waals surface area contributed by atoms with Gasteiger partial charge in [0.25, 0.3) is 23.6 Å². The van der Waals surface area contributed by atoms with Crippen molar-refractivity contribution in [3.63, 3.8) is 0 Å². The predicted octanol–water partition coefficient (Wildman–Crippen LogP) is 18.3.